The summed E-state index contributed by atoms with van der Waals surface area (Å²) in [6.45, 7) is 0. The van der Waals surface area contributed by atoms with Gasteiger partial charge in [-0.05, 0) is 29.8 Å². The van der Waals surface area contributed by atoms with Gasteiger partial charge in [0.25, 0.3) is 5.91 Å². The number of anilines is 1. The van der Waals surface area contributed by atoms with Crippen LogP contribution in [0.25, 0.3) is 0 Å². The van der Waals surface area contributed by atoms with E-state index in [0.717, 1.165) is 0 Å². The number of rotatable bonds is 6. The number of methoxy groups -OCH3 is 2. The summed E-state index contributed by atoms with van der Waals surface area (Å²) >= 11 is 0. The number of benzene rings is 3. The lowest BCUT2D eigenvalue weighted by Crippen LogP contribution is -2.30. The van der Waals surface area contributed by atoms with E-state index in [9.17, 15) is 19.5 Å². The van der Waals surface area contributed by atoms with E-state index in [1.54, 1.807) is 60.7 Å². The van der Waals surface area contributed by atoms with Crippen LogP contribution in [0.5, 0.6) is 17.2 Å². The van der Waals surface area contributed by atoms with Crippen LogP contribution >= 0.6 is 0 Å². The fourth-order valence-corrected chi connectivity index (χ4v) is 3.97. The lowest BCUT2D eigenvalue weighted by atomic mass is 9.86. The Balaban J connectivity index is 1.89. The summed E-state index contributed by atoms with van der Waals surface area (Å²) in [5.41, 5.74) is 1.24. The number of ketones is 2. The van der Waals surface area contributed by atoms with E-state index in [0.29, 0.717) is 22.6 Å². The predicted molar refractivity (Wildman–Crippen MR) is 117 cm³/mol. The molecule has 0 spiro atoms. The van der Waals surface area contributed by atoms with Gasteiger partial charge in [0.1, 0.15) is 11.7 Å². The number of amides is 1. The quantitative estimate of drug-likeness (QED) is 0.364. The highest BCUT2D eigenvalue weighted by molar-refractivity contribution is 6.49. The second-order valence-corrected chi connectivity index (χ2v) is 7.32. The zero-order valence-electron chi connectivity index (χ0n) is 17.5. The van der Waals surface area contributed by atoms with E-state index in [2.05, 4.69) is 0 Å². The van der Waals surface area contributed by atoms with Gasteiger partial charge in [-0.1, -0.05) is 42.5 Å². The first-order valence-corrected chi connectivity index (χ1v) is 9.94. The highest BCUT2D eigenvalue weighted by Crippen LogP contribution is 2.43. The normalized spacial score (nSPS) is 18.0. The average Bonchev–Trinajstić information content (AvgIpc) is 3.10. The number of carbonyl (C=O) groups excluding carboxylic acids is 3. The van der Waals surface area contributed by atoms with Gasteiger partial charge in [0, 0.05) is 17.3 Å². The highest BCUT2D eigenvalue weighted by atomic mass is 16.5. The van der Waals surface area contributed by atoms with Crippen molar-refractivity contribution < 1.29 is 29.0 Å². The van der Waals surface area contributed by atoms with Gasteiger partial charge in [-0.3, -0.25) is 19.3 Å². The van der Waals surface area contributed by atoms with Crippen LogP contribution in [-0.2, 0) is 9.59 Å². The Morgan fingerprint density at radius 1 is 0.906 bits per heavy atom. The van der Waals surface area contributed by atoms with Crippen LogP contribution in [0.2, 0.25) is 0 Å². The summed E-state index contributed by atoms with van der Waals surface area (Å²) in [6.07, 6.45) is 0. The molecule has 0 radical (unpaired) electrons. The molecule has 0 aliphatic carbocycles. The van der Waals surface area contributed by atoms with E-state index in [-0.39, 0.29) is 11.5 Å². The largest absolute Gasteiger partial charge is 0.504 e. The molecular formula is C25H21NO6. The molecule has 1 saturated heterocycles. The van der Waals surface area contributed by atoms with E-state index < -0.39 is 29.4 Å². The van der Waals surface area contributed by atoms with Crippen molar-refractivity contribution in [2.45, 2.75) is 6.04 Å². The lowest BCUT2D eigenvalue weighted by molar-refractivity contribution is -0.135. The molecule has 1 fully saturated rings. The first-order chi connectivity index (χ1) is 15.5. The molecule has 7 nitrogen and oxygen atoms in total. The third kappa shape index (κ3) is 3.58. The number of phenols is 1. The Bertz CT molecular complexity index is 1190. The molecule has 32 heavy (non-hydrogen) atoms. The fourth-order valence-electron chi connectivity index (χ4n) is 3.97. The van der Waals surface area contributed by atoms with Crippen LogP contribution in [0.3, 0.4) is 0 Å². The van der Waals surface area contributed by atoms with E-state index in [1.807, 2.05) is 0 Å². The topological polar surface area (TPSA) is 93.1 Å². The molecule has 0 bridgehead atoms. The Hall–Kier alpha value is -4.13. The molecule has 1 aliphatic rings. The van der Waals surface area contributed by atoms with Crippen molar-refractivity contribution in [3.8, 4) is 17.2 Å². The molecule has 1 amide bonds. The molecule has 1 heterocycles. The fraction of sp³-hybridized carbons (Fsp3) is 0.160. The zero-order chi connectivity index (χ0) is 22.8. The minimum Gasteiger partial charge on any atom is -0.504 e. The van der Waals surface area contributed by atoms with Gasteiger partial charge >= 0.3 is 0 Å². The van der Waals surface area contributed by atoms with Crippen LogP contribution in [-0.4, -0.2) is 36.8 Å². The molecule has 2 atom stereocenters. The van der Waals surface area contributed by atoms with Gasteiger partial charge in [0.05, 0.1) is 20.3 Å². The maximum atomic E-state index is 13.4. The van der Waals surface area contributed by atoms with Gasteiger partial charge in [-0.25, -0.2) is 0 Å². The highest BCUT2D eigenvalue weighted by Gasteiger charge is 2.52. The molecule has 7 heteroatoms. The summed E-state index contributed by atoms with van der Waals surface area (Å²) in [6, 6.07) is 18.7. The first-order valence-electron chi connectivity index (χ1n) is 9.94. The van der Waals surface area contributed by atoms with Crippen molar-refractivity contribution in [3.05, 3.63) is 83.9 Å². The van der Waals surface area contributed by atoms with Gasteiger partial charge in [0.15, 0.2) is 17.3 Å². The standard InChI is InChI=1S/C25H21NO6/c1-31-18-10-6-9-17(14-18)26-22(16-11-12-19(27)20(13-16)32-2)21(24(29)25(26)30)23(28)15-7-4-3-5-8-15/h3-14,21-22,27H,1-2H3. The van der Waals surface area contributed by atoms with Crippen LogP contribution in [0.1, 0.15) is 22.0 Å². The number of hydrogen-bond donors (Lipinski definition) is 1. The van der Waals surface area contributed by atoms with Crippen LogP contribution < -0.4 is 14.4 Å². The SMILES string of the molecule is COc1cccc(N2C(=O)C(=O)C(C(=O)c3ccccc3)C2c2ccc(O)c(OC)c2)c1. The van der Waals surface area contributed by atoms with Crippen molar-refractivity contribution >= 4 is 23.2 Å². The summed E-state index contributed by atoms with van der Waals surface area (Å²) in [5.74, 6) is -2.71. The molecule has 4 rings (SSSR count). The number of aromatic hydroxyl groups is 1. The first kappa shape index (κ1) is 21.1. The summed E-state index contributed by atoms with van der Waals surface area (Å²) < 4.78 is 10.5. The monoisotopic (exact) mass is 431 g/mol. The average molecular weight is 431 g/mol. The van der Waals surface area contributed by atoms with Crippen molar-refractivity contribution in [2.24, 2.45) is 5.92 Å². The number of carbonyl (C=O) groups is 3. The molecule has 1 aliphatic heterocycles. The number of nitrogens with zero attached hydrogens (tertiary/aromatic N) is 1. The van der Waals surface area contributed by atoms with Crippen molar-refractivity contribution in [1.82, 2.24) is 0 Å². The van der Waals surface area contributed by atoms with E-state index >= 15 is 0 Å². The number of ether oxygens (including phenoxy) is 2. The molecular weight excluding hydrogens is 410 g/mol. The van der Waals surface area contributed by atoms with Crippen molar-refractivity contribution in [1.29, 1.82) is 0 Å². The van der Waals surface area contributed by atoms with Gasteiger partial charge in [0.2, 0.25) is 5.78 Å². The second kappa shape index (κ2) is 8.55. The van der Waals surface area contributed by atoms with Crippen LogP contribution in [0, 0.1) is 5.92 Å². The maximum absolute atomic E-state index is 13.4. The summed E-state index contributed by atoms with van der Waals surface area (Å²) in [5, 5.41) is 10.0. The second-order valence-electron chi connectivity index (χ2n) is 7.32. The molecule has 1 N–H and O–H groups in total. The lowest BCUT2D eigenvalue weighted by Gasteiger charge is -2.28. The van der Waals surface area contributed by atoms with Gasteiger partial charge in [-0.15, -0.1) is 0 Å². The third-order valence-corrected chi connectivity index (χ3v) is 5.52. The predicted octanol–water partition coefficient (Wildman–Crippen LogP) is 3.57. The van der Waals surface area contributed by atoms with Crippen molar-refractivity contribution in [3.63, 3.8) is 0 Å². The Labute approximate surface area is 184 Å². The van der Waals surface area contributed by atoms with Gasteiger partial charge in [-0.2, -0.15) is 0 Å². The van der Waals surface area contributed by atoms with E-state index in [4.69, 9.17) is 9.47 Å². The molecule has 0 saturated carbocycles. The number of hydrogen-bond acceptors (Lipinski definition) is 6. The molecule has 2 unspecified atom stereocenters. The van der Waals surface area contributed by atoms with Crippen LogP contribution in [0.4, 0.5) is 5.69 Å². The summed E-state index contributed by atoms with van der Waals surface area (Å²) in [4.78, 5) is 41.0. The Morgan fingerprint density at radius 3 is 2.34 bits per heavy atom. The Morgan fingerprint density at radius 2 is 1.66 bits per heavy atom. The molecule has 3 aromatic carbocycles. The minimum absolute atomic E-state index is 0.0919. The number of phenolic OH excluding ortho intramolecular Hbond substituents is 1. The summed E-state index contributed by atoms with van der Waals surface area (Å²) in [7, 11) is 2.90. The zero-order valence-corrected chi connectivity index (χ0v) is 17.5. The minimum atomic E-state index is -1.26. The van der Waals surface area contributed by atoms with Crippen LogP contribution in [0.15, 0.2) is 72.8 Å². The maximum Gasteiger partial charge on any atom is 0.295 e. The smallest absolute Gasteiger partial charge is 0.295 e. The molecule has 162 valence electrons. The third-order valence-electron chi connectivity index (χ3n) is 5.52. The van der Waals surface area contributed by atoms with E-state index in [1.165, 1.54) is 31.3 Å². The Kier molecular flexibility index (Phi) is 5.64. The molecule has 3 aromatic rings. The van der Waals surface area contributed by atoms with Gasteiger partial charge < -0.3 is 14.6 Å². The van der Waals surface area contributed by atoms with Crippen molar-refractivity contribution in [2.75, 3.05) is 19.1 Å². The number of Topliss-reactive ketones (excluding diaryl/α,β-unsaturated/α-hetero) is 2. The molecule has 0 aromatic heterocycles.